The van der Waals surface area contributed by atoms with E-state index in [1.165, 1.54) is 0 Å². The van der Waals surface area contributed by atoms with Gasteiger partial charge in [-0.15, -0.1) is 0 Å². The summed E-state index contributed by atoms with van der Waals surface area (Å²) in [5.74, 6) is 0. The monoisotopic (exact) mass is 208 g/mol. The topological polar surface area (TPSA) is 49.8 Å². The maximum Gasteiger partial charge on any atom is 0.101 e. The normalized spacial score (nSPS) is 14.4. The molecular formula is C11H13ClN2. The molecule has 0 saturated heterocycles. The van der Waals surface area contributed by atoms with Crippen LogP contribution in [-0.4, -0.2) is 5.54 Å². The first-order chi connectivity index (χ1) is 6.53. The molecule has 1 atom stereocenters. The standard InChI is InChI=1S/C11H13ClN2/c1-11(14,8-13)7-6-9-2-4-10(12)5-3-9/h2-5H,6-7,14H2,1H3. The molecule has 74 valence electrons. The molecule has 0 heterocycles. The Morgan fingerprint density at radius 3 is 2.50 bits per heavy atom. The van der Waals surface area contributed by atoms with E-state index < -0.39 is 5.54 Å². The lowest BCUT2D eigenvalue weighted by Crippen LogP contribution is -2.34. The van der Waals surface area contributed by atoms with Crippen molar-refractivity contribution in [1.82, 2.24) is 0 Å². The summed E-state index contributed by atoms with van der Waals surface area (Å²) >= 11 is 5.75. The third-order valence-electron chi connectivity index (χ3n) is 2.10. The van der Waals surface area contributed by atoms with Gasteiger partial charge in [-0.2, -0.15) is 5.26 Å². The molecule has 0 amide bonds. The number of hydrogen-bond donors (Lipinski definition) is 1. The fourth-order valence-electron chi connectivity index (χ4n) is 1.11. The fourth-order valence-corrected chi connectivity index (χ4v) is 1.24. The van der Waals surface area contributed by atoms with E-state index in [1.54, 1.807) is 6.92 Å². The minimum absolute atomic E-state index is 0.658. The van der Waals surface area contributed by atoms with Gasteiger partial charge < -0.3 is 5.73 Å². The predicted molar refractivity (Wildman–Crippen MR) is 58.0 cm³/mol. The summed E-state index contributed by atoms with van der Waals surface area (Å²) in [5, 5.41) is 9.45. The highest BCUT2D eigenvalue weighted by atomic mass is 35.5. The molecular weight excluding hydrogens is 196 g/mol. The van der Waals surface area contributed by atoms with E-state index in [0.717, 1.165) is 17.0 Å². The quantitative estimate of drug-likeness (QED) is 0.830. The number of nitriles is 1. The Morgan fingerprint density at radius 1 is 1.43 bits per heavy atom. The van der Waals surface area contributed by atoms with Gasteiger partial charge in [-0.05, 0) is 37.5 Å². The predicted octanol–water partition coefficient (Wildman–Crippen LogP) is 2.51. The summed E-state index contributed by atoms with van der Waals surface area (Å²) in [6.07, 6.45) is 1.46. The molecule has 1 aromatic rings. The molecule has 0 aliphatic heterocycles. The molecule has 2 nitrogen and oxygen atoms in total. The third kappa shape index (κ3) is 3.37. The Kier molecular flexibility index (Phi) is 3.51. The van der Waals surface area contributed by atoms with Crippen LogP contribution in [0, 0.1) is 11.3 Å². The highest BCUT2D eigenvalue weighted by Gasteiger charge is 2.16. The molecule has 1 unspecified atom stereocenters. The van der Waals surface area contributed by atoms with Crippen LogP contribution in [0.4, 0.5) is 0 Å². The average molecular weight is 209 g/mol. The zero-order valence-corrected chi connectivity index (χ0v) is 8.88. The van der Waals surface area contributed by atoms with Crippen LogP contribution >= 0.6 is 11.6 Å². The van der Waals surface area contributed by atoms with Crippen LogP contribution in [0.15, 0.2) is 24.3 Å². The summed E-state index contributed by atoms with van der Waals surface area (Å²) in [6.45, 7) is 1.74. The molecule has 2 N–H and O–H groups in total. The number of aryl methyl sites for hydroxylation is 1. The smallest absolute Gasteiger partial charge is 0.101 e. The molecule has 0 radical (unpaired) electrons. The van der Waals surface area contributed by atoms with Crippen molar-refractivity contribution in [3.05, 3.63) is 34.9 Å². The van der Waals surface area contributed by atoms with E-state index >= 15 is 0 Å². The minimum atomic E-state index is -0.736. The molecule has 0 aliphatic carbocycles. The van der Waals surface area contributed by atoms with Gasteiger partial charge in [-0.3, -0.25) is 0 Å². The summed E-state index contributed by atoms with van der Waals surface area (Å²) < 4.78 is 0. The zero-order valence-electron chi connectivity index (χ0n) is 8.13. The first-order valence-corrected chi connectivity index (χ1v) is 4.86. The summed E-state index contributed by atoms with van der Waals surface area (Å²) in [4.78, 5) is 0. The lowest BCUT2D eigenvalue weighted by Gasteiger charge is -2.14. The molecule has 14 heavy (non-hydrogen) atoms. The molecule has 1 rings (SSSR count). The summed E-state index contributed by atoms with van der Waals surface area (Å²) in [6, 6.07) is 9.67. The van der Waals surface area contributed by atoms with Gasteiger partial charge in [0.25, 0.3) is 0 Å². The van der Waals surface area contributed by atoms with Crippen molar-refractivity contribution < 1.29 is 0 Å². The van der Waals surface area contributed by atoms with Gasteiger partial charge in [0.15, 0.2) is 0 Å². The molecule has 0 aromatic heterocycles. The van der Waals surface area contributed by atoms with E-state index in [-0.39, 0.29) is 0 Å². The lowest BCUT2D eigenvalue weighted by atomic mass is 9.96. The van der Waals surface area contributed by atoms with Gasteiger partial charge in [-0.1, -0.05) is 23.7 Å². The molecule has 0 spiro atoms. The second-order valence-corrected chi connectivity index (χ2v) is 4.09. The second kappa shape index (κ2) is 4.45. The van der Waals surface area contributed by atoms with Crippen molar-refractivity contribution in [3.8, 4) is 6.07 Å². The SMILES string of the molecule is CC(N)(C#N)CCc1ccc(Cl)cc1. The van der Waals surface area contributed by atoms with Crippen molar-refractivity contribution in [2.24, 2.45) is 5.73 Å². The molecule has 0 saturated carbocycles. The first-order valence-electron chi connectivity index (χ1n) is 4.48. The number of nitrogens with two attached hydrogens (primary N) is 1. The number of hydrogen-bond acceptors (Lipinski definition) is 2. The van der Waals surface area contributed by atoms with Crippen LogP contribution in [0.3, 0.4) is 0 Å². The highest BCUT2D eigenvalue weighted by Crippen LogP contribution is 2.14. The van der Waals surface area contributed by atoms with Crippen LogP contribution in [0.1, 0.15) is 18.9 Å². The van der Waals surface area contributed by atoms with Gasteiger partial charge in [0.2, 0.25) is 0 Å². The van der Waals surface area contributed by atoms with E-state index in [1.807, 2.05) is 24.3 Å². The largest absolute Gasteiger partial charge is 0.314 e. The Balaban J connectivity index is 2.55. The second-order valence-electron chi connectivity index (χ2n) is 3.66. The van der Waals surface area contributed by atoms with Gasteiger partial charge in [0.1, 0.15) is 5.54 Å². The van der Waals surface area contributed by atoms with Crippen molar-refractivity contribution in [1.29, 1.82) is 5.26 Å². The van der Waals surface area contributed by atoms with Crippen molar-refractivity contribution in [3.63, 3.8) is 0 Å². The fraction of sp³-hybridized carbons (Fsp3) is 0.364. The maximum absolute atomic E-state index is 8.72. The van der Waals surface area contributed by atoms with Crippen LogP contribution in [0.5, 0.6) is 0 Å². The van der Waals surface area contributed by atoms with Crippen molar-refractivity contribution in [2.75, 3.05) is 0 Å². The van der Waals surface area contributed by atoms with E-state index in [2.05, 4.69) is 6.07 Å². The van der Waals surface area contributed by atoms with Crippen molar-refractivity contribution in [2.45, 2.75) is 25.3 Å². The number of rotatable bonds is 3. The first kappa shape index (κ1) is 11.0. The van der Waals surface area contributed by atoms with Gasteiger partial charge >= 0.3 is 0 Å². The third-order valence-corrected chi connectivity index (χ3v) is 2.35. The van der Waals surface area contributed by atoms with E-state index in [9.17, 15) is 0 Å². The average Bonchev–Trinajstić information content (AvgIpc) is 2.17. The molecule has 0 aliphatic rings. The van der Waals surface area contributed by atoms with Gasteiger partial charge in [0.05, 0.1) is 6.07 Å². The van der Waals surface area contributed by atoms with Gasteiger partial charge in [0, 0.05) is 5.02 Å². The molecule has 0 fully saturated rings. The van der Waals surface area contributed by atoms with Gasteiger partial charge in [-0.25, -0.2) is 0 Å². The Morgan fingerprint density at radius 2 is 2.00 bits per heavy atom. The number of nitrogens with zero attached hydrogens (tertiary/aromatic N) is 1. The Labute approximate surface area is 89.3 Å². The van der Waals surface area contributed by atoms with E-state index in [0.29, 0.717) is 6.42 Å². The molecule has 1 aromatic carbocycles. The number of halogens is 1. The minimum Gasteiger partial charge on any atom is -0.314 e. The van der Waals surface area contributed by atoms with Crippen LogP contribution < -0.4 is 5.73 Å². The summed E-state index contributed by atoms with van der Waals surface area (Å²) in [5.41, 5.74) is 6.12. The zero-order chi connectivity index (χ0) is 10.6. The summed E-state index contributed by atoms with van der Waals surface area (Å²) in [7, 11) is 0. The van der Waals surface area contributed by atoms with Crippen LogP contribution in [-0.2, 0) is 6.42 Å². The number of benzene rings is 1. The Hall–Kier alpha value is -1.04. The lowest BCUT2D eigenvalue weighted by molar-refractivity contribution is 0.546. The van der Waals surface area contributed by atoms with Crippen LogP contribution in [0.2, 0.25) is 5.02 Å². The highest BCUT2D eigenvalue weighted by molar-refractivity contribution is 6.30. The van der Waals surface area contributed by atoms with Crippen LogP contribution in [0.25, 0.3) is 0 Å². The van der Waals surface area contributed by atoms with E-state index in [4.69, 9.17) is 22.6 Å². The molecule has 3 heteroatoms. The maximum atomic E-state index is 8.72. The van der Waals surface area contributed by atoms with Crippen molar-refractivity contribution >= 4 is 11.6 Å². The Bertz CT molecular complexity index is 335. The molecule has 0 bridgehead atoms.